The van der Waals surface area contributed by atoms with Crippen molar-refractivity contribution in [1.29, 1.82) is 0 Å². The second-order valence-electron chi connectivity index (χ2n) is 4.76. The topological polar surface area (TPSA) is 74.7 Å². The summed E-state index contributed by atoms with van der Waals surface area (Å²) in [4.78, 5) is 10.9. The molecule has 2 atom stereocenters. The maximum atomic E-state index is 12.6. The average molecular weight is 315 g/mol. The summed E-state index contributed by atoms with van der Waals surface area (Å²) in [5, 5.41) is 9.09. The molecule has 110 valence electrons. The maximum Gasteiger partial charge on any atom is 0.335 e. The van der Waals surface area contributed by atoms with Crippen LogP contribution in [-0.2, 0) is 10.0 Å². The fraction of sp³-hybridized carbons (Fsp3) is 0.462. The van der Waals surface area contributed by atoms with Crippen LogP contribution in [0.3, 0.4) is 0 Å². The van der Waals surface area contributed by atoms with Gasteiger partial charge in [0.2, 0.25) is 10.0 Å². The molecular weight excluding hydrogens is 298 g/mol. The van der Waals surface area contributed by atoms with Gasteiger partial charge in [-0.15, -0.1) is 0 Å². The highest BCUT2D eigenvalue weighted by molar-refractivity contribution is 8.00. The number of rotatable bonds is 3. The highest BCUT2D eigenvalue weighted by Gasteiger charge is 2.34. The van der Waals surface area contributed by atoms with Crippen molar-refractivity contribution in [2.24, 2.45) is 0 Å². The van der Waals surface area contributed by atoms with Crippen molar-refractivity contribution in [1.82, 2.24) is 4.31 Å². The number of benzene rings is 1. The van der Waals surface area contributed by atoms with Crippen LogP contribution >= 0.6 is 11.8 Å². The first-order valence-electron chi connectivity index (χ1n) is 6.31. The van der Waals surface area contributed by atoms with Crippen molar-refractivity contribution >= 4 is 27.8 Å². The van der Waals surface area contributed by atoms with Crippen LogP contribution < -0.4 is 0 Å². The Morgan fingerprint density at radius 3 is 2.45 bits per heavy atom. The number of hydrogen-bond acceptors (Lipinski definition) is 4. The van der Waals surface area contributed by atoms with Gasteiger partial charge < -0.3 is 5.11 Å². The molecule has 0 saturated carbocycles. The Morgan fingerprint density at radius 2 is 1.90 bits per heavy atom. The van der Waals surface area contributed by atoms with Crippen LogP contribution in [-0.4, -0.2) is 47.4 Å². The minimum atomic E-state index is -3.56. The zero-order valence-electron chi connectivity index (χ0n) is 11.3. The van der Waals surface area contributed by atoms with Crippen LogP contribution in [0.1, 0.15) is 24.2 Å². The van der Waals surface area contributed by atoms with Crippen molar-refractivity contribution < 1.29 is 18.3 Å². The average Bonchev–Trinajstić information content (AvgIpc) is 2.41. The van der Waals surface area contributed by atoms with E-state index in [1.54, 1.807) is 11.8 Å². The number of aromatic carboxylic acids is 1. The number of carboxylic acid groups (broad SMARTS) is 1. The molecule has 1 aromatic rings. The third-order valence-electron chi connectivity index (χ3n) is 3.53. The molecule has 2 unspecified atom stereocenters. The van der Waals surface area contributed by atoms with E-state index in [0.29, 0.717) is 6.54 Å². The Bertz CT molecular complexity index is 597. The number of thioether (sulfide) groups is 1. The maximum absolute atomic E-state index is 12.6. The Morgan fingerprint density at radius 1 is 1.30 bits per heavy atom. The zero-order chi connectivity index (χ0) is 14.9. The van der Waals surface area contributed by atoms with Gasteiger partial charge in [-0.2, -0.15) is 16.1 Å². The molecule has 0 aromatic heterocycles. The van der Waals surface area contributed by atoms with Crippen molar-refractivity contribution in [3.63, 3.8) is 0 Å². The Kier molecular flexibility index (Phi) is 4.41. The van der Waals surface area contributed by atoms with E-state index in [-0.39, 0.29) is 21.8 Å². The van der Waals surface area contributed by atoms with Crippen LogP contribution in [0.4, 0.5) is 0 Å². The predicted molar refractivity (Wildman–Crippen MR) is 78.7 cm³/mol. The number of hydrogen-bond donors (Lipinski definition) is 1. The van der Waals surface area contributed by atoms with E-state index in [2.05, 4.69) is 0 Å². The summed E-state index contributed by atoms with van der Waals surface area (Å²) in [6.07, 6.45) is 0. The van der Waals surface area contributed by atoms with Gasteiger partial charge in [0.1, 0.15) is 0 Å². The zero-order valence-corrected chi connectivity index (χ0v) is 12.9. The minimum absolute atomic E-state index is 0.0714. The molecular formula is C13H17NO4S2. The normalized spacial score (nSPS) is 24.5. The van der Waals surface area contributed by atoms with Gasteiger partial charge in [-0.05, 0) is 31.2 Å². The van der Waals surface area contributed by atoms with E-state index in [1.165, 1.54) is 28.6 Å². The van der Waals surface area contributed by atoms with Gasteiger partial charge in [0.15, 0.2) is 0 Å². The summed E-state index contributed by atoms with van der Waals surface area (Å²) in [5.74, 6) is -0.289. The highest BCUT2D eigenvalue weighted by atomic mass is 32.2. The molecule has 1 saturated heterocycles. The molecule has 2 rings (SSSR count). The monoisotopic (exact) mass is 315 g/mol. The van der Waals surface area contributed by atoms with Crippen LogP contribution in [0.5, 0.6) is 0 Å². The fourth-order valence-corrected chi connectivity index (χ4v) is 5.14. The Labute approximate surface area is 123 Å². The molecule has 1 aliphatic rings. The minimum Gasteiger partial charge on any atom is -0.478 e. The number of nitrogens with zero attached hydrogens (tertiary/aromatic N) is 1. The van der Waals surface area contributed by atoms with E-state index in [0.717, 1.165) is 5.75 Å². The molecule has 0 spiro atoms. The standard InChI is InChI=1S/C13H17NO4S2/c1-9-10(2)19-8-7-14(9)20(17,18)12-5-3-11(4-6-12)13(15)16/h3-6,9-10H,7-8H2,1-2H3,(H,15,16). The number of carbonyl (C=O) groups is 1. The van der Waals surface area contributed by atoms with Gasteiger partial charge in [0.25, 0.3) is 0 Å². The summed E-state index contributed by atoms with van der Waals surface area (Å²) < 4.78 is 26.7. The Balaban J connectivity index is 2.32. The summed E-state index contributed by atoms with van der Waals surface area (Å²) in [5.41, 5.74) is 0.0829. The van der Waals surface area contributed by atoms with Gasteiger partial charge in [-0.1, -0.05) is 6.92 Å². The van der Waals surface area contributed by atoms with Crippen molar-refractivity contribution in [2.75, 3.05) is 12.3 Å². The highest BCUT2D eigenvalue weighted by Crippen LogP contribution is 2.29. The predicted octanol–water partition coefficient (Wildman–Crippen LogP) is 1.90. The van der Waals surface area contributed by atoms with E-state index in [1.807, 2.05) is 13.8 Å². The van der Waals surface area contributed by atoms with E-state index in [4.69, 9.17) is 5.11 Å². The molecule has 0 amide bonds. The molecule has 1 N–H and O–H groups in total. The molecule has 7 heteroatoms. The van der Waals surface area contributed by atoms with Gasteiger partial charge in [-0.3, -0.25) is 0 Å². The molecule has 1 aliphatic heterocycles. The van der Waals surface area contributed by atoms with Crippen LogP contribution in [0.15, 0.2) is 29.2 Å². The second-order valence-corrected chi connectivity index (χ2v) is 8.14. The molecule has 0 radical (unpaired) electrons. The SMILES string of the molecule is CC1SCCN(S(=O)(=O)c2ccc(C(=O)O)cc2)C1C. The van der Waals surface area contributed by atoms with Gasteiger partial charge in [0.05, 0.1) is 10.5 Å². The first-order chi connectivity index (χ1) is 9.34. The van der Waals surface area contributed by atoms with Crippen molar-refractivity contribution in [3.05, 3.63) is 29.8 Å². The summed E-state index contributed by atoms with van der Waals surface area (Å²) >= 11 is 1.76. The lowest BCUT2D eigenvalue weighted by Crippen LogP contribution is -2.47. The lowest BCUT2D eigenvalue weighted by atomic mass is 10.2. The smallest absolute Gasteiger partial charge is 0.335 e. The third-order valence-corrected chi connectivity index (χ3v) is 6.87. The fourth-order valence-electron chi connectivity index (χ4n) is 2.15. The Hall–Kier alpha value is -1.05. The molecule has 0 bridgehead atoms. The quantitative estimate of drug-likeness (QED) is 0.922. The largest absolute Gasteiger partial charge is 0.478 e. The summed E-state index contributed by atoms with van der Waals surface area (Å²) in [7, 11) is -3.56. The summed E-state index contributed by atoms with van der Waals surface area (Å²) in [6.45, 7) is 4.41. The van der Waals surface area contributed by atoms with Crippen LogP contribution in [0.25, 0.3) is 0 Å². The molecule has 1 heterocycles. The van der Waals surface area contributed by atoms with E-state index in [9.17, 15) is 13.2 Å². The molecule has 1 fully saturated rings. The summed E-state index contributed by atoms with van der Waals surface area (Å²) in [6, 6.07) is 5.29. The van der Waals surface area contributed by atoms with Crippen LogP contribution in [0.2, 0.25) is 0 Å². The molecule has 0 aliphatic carbocycles. The number of sulfonamides is 1. The van der Waals surface area contributed by atoms with E-state index < -0.39 is 16.0 Å². The lowest BCUT2D eigenvalue weighted by Gasteiger charge is -2.36. The molecule has 20 heavy (non-hydrogen) atoms. The molecule has 5 nitrogen and oxygen atoms in total. The van der Waals surface area contributed by atoms with Crippen molar-refractivity contribution in [2.45, 2.75) is 30.0 Å². The molecule has 1 aromatic carbocycles. The van der Waals surface area contributed by atoms with Crippen molar-refractivity contribution in [3.8, 4) is 0 Å². The first-order valence-corrected chi connectivity index (χ1v) is 8.79. The van der Waals surface area contributed by atoms with Gasteiger partial charge in [-0.25, -0.2) is 13.2 Å². The third kappa shape index (κ3) is 2.84. The first kappa shape index (κ1) is 15.3. The van der Waals surface area contributed by atoms with Gasteiger partial charge in [0, 0.05) is 23.6 Å². The van der Waals surface area contributed by atoms with E-state index >= 15 is 0 Å². The number of carboxylic acids is 1. The lowest BCUT2D eigenvalue weighted by molar-refractivity contribution is 0.0696. The second kappa shape index (κ2) is 5.75. The van der Waals surface area contributed by atoms with Gasteiger partial charge >= 0.3 is 5.97 Å². The van der Waals surface area contributed by atoms with Crippen LogP contribution in [0, 0.1) is 0 Å².